The summed E-state index contributed by atoms with van der Waals surface area (Å²) < 4.78 is 16.4. The predicted molar refractivity (Wildman–Crippen MR) is 191 cm³/mol. The van der Waals surface area contributed by atoms with E-state index in [1.165, 1.54) is 0 Å². The smallest absolute Gasteiger partial charge is 0.335 e. The summed E-state index contributed by atoms with van der Waals surface area (Å²) in [6, 6.07) is 21.2. The minimum atomic E-state index is -0.948. The van der Waals surface area contributed by atoms with Crippen molar-refractivity contribution in [3.8, 4) is 22.8 Å². The van der Waals surface area contributed by atoms with Crippen molar-refractivity contribution in [1.82, 2.24) is 19.9 Å². The number of ether oxygens (including phenoxy) is 3. The van der Waals surface area contributed by atoms with Crippen molar-refractivity contribution in [2.24, 2.45) is 0 Å². The predicted octanol–water partition coefficient (Wildman–Crippen LogP) is 5.70. The summed E-state index contributed by atoms with van der Waals surface area (Å²) in [7, 11) is 3.32. The highest BCUT2D eigenvalue weighted by Crippen LogP contribution is 2.40. The molecule has 7 rings (SSSR count). The molecule has 0 spiro atoms. The van der Waals surface area contributed by atoms with Gasteiger partial charge in [-0.05, 0) is 72.5 Å². The Morgan fingerprint density at radius 3 is 2.04 bits per heavy atom. The molecule has 0 amide bonds. The third kappa shape index (κ3) is 6.88. The number of fused-ring (bicyclic) bond motifs is 1. The van der Waals surface area contributed by atoms with Gasteiger partial charge < -0.3 is 34.0 Å². The number of morpholine rings is 1. The Hall–Kier alpha value is -5.75. The number of aryl methyl sites for hydroxylation is 1. The van der Waals surface area contributed by atoms with E-state index in [2.05, 4.69) is 14.7 Å². The molecule has 1 fully saturated rings. The van der Waals surface area contributed by atoms with Gasteiger partial charge in [0.15, 0.2) is 0 Å². The van der Waals surface area contributed by atoms with Crippen molar-refractivity contribution in [1.29, 1.82) is 0 Å². The Labute approximate surface area is 290 Å². The summed E-state index contributed by atoms with van der Waals surface area (Å²) in [5.74, 6) is 2.68. The molecule has 0 unspecified atom stereocenters. The van der Waals surface area contributed by atoms with Gasteiger partial charge in [-0.1, -0.05) is 24.3 Å². The first-order valence-electron chi connectivity index (χ1n) is 16.6. The molecule has 0 bridgehead atoms. The van der Waals surface area contributed by atoms with E-state index in [0.29, 0.717) is 57.8 Å². The number of hydrogen-bond acceptors (Lipinski definition) is 11. The van der Waals surface area contributed by atoms with Crippen LogP contribution in [-0.4, -0.2) is 78.1 Å². The lowest BCUT2D eigenvalue weighted by Crippen LogP contribution is -2.37. The third-order valence-corrected chi connectivity index (χ3v) is 9.10. The van der Waals surface area contributed by atoms with E-state index in [-0.39, 0.29) is 5.56 Å². The highest BCUT2D eigenvalue weighted by atomic mass is 16.5. The summed E-state index contributed by atoms with van der Waals surface area (Å²) in [5, 5.41) is 9.53. The summed E-state index contributed by atoms with van der Waals surface area (Å²) in [5.41, 5.74) is 6.85. The standard InChI is InChI=1S/C38H39N7O5/c1-25-20-28(36(46)47)8-13-33(25)45-15-14-32-34(41-38(42-35(32)45)43-16-18-50-19-17-43)29-21-39-37(40-22-29)44(23-26-4-9-30(48-2)10-5-26)24-27-6-11-31(49-3)12-7-27/h4-13,20-22H,14-19,23-24H2,1-3H3,(H,46,47). The van der Waals surface area contributed by atoms with Crippen LogP contribution in [0.25, 0.3) is 11.3 Å². The zero-order valence-corrected chi connectivity index (χ0v) is 28.4. The van der Waals surface area contributed by atoms with Crippen molar-refractivity contribution in [2.45, 2.75) is 26.4 Å². The second-order valence-corrected chi connectivity index (χ2v) is 12.3. The number of carboxylic acids is 1. The lowest BCUT2D eigenvalue weighted by Gasteiger charge is -2.29. The molecule has 256 valence electrons. The molecule has 0 aliphatic carbocycles. The molecule has 0 atom stereocenters. The van der Waals surface area contributed by atoms with Crippen LogP contribution in [0.1, 0.15) is 32.6 Å². The Morgan fingerprint density at radius 2 is 1.48 bits per heavy atom. The van der Waals surface area contributed by atoms with Crippen LogP contribution in [0.4, 0.5) is 23.4 Å². The average molecular weight is 674 g/mol. The first-order chi connectivity index (χ1) is 24.4. The Morgan fingerprint density at radius 1 is 0.860 bits per heavy atom. The molecular formula is C38H39N7O5. The zero-order valence-electron chi connectivity index (χ0n) is 28.4. The molecule has 0 saturated carbocycles. The highest BCUT2D eigenvalue weighted by molar-refractivity contribution is 5.89. The summed E-state index contributed by atoms with van der Waals surface area (Å²) in [6.45, 7) is 6.38. The molecule has 12 nitrogen and oxygen atoms in total. The molecule has 1 saturated heterocycles. The van der Waals surface area contributed by atoms with Gasteiger partial charge in [0.05, 0.1) is 38.7 Å². The van der Waals surface area contributed by atoms with Crippen LogP contribution < -0.4 is 24.2 Å². The monoisotopic (exact) mass is 673 g/mol. The highest BCUT2D eigenvalue weighted by Gasteiger charge is 2.30. The molecule has 3 aromatic carbocycles. The molecule has 50 heavy (non-hydrogen) atoms. The van der Waals surface area contributed by atoms with Crippen LogP contribution in [0.5, 0.6) is 11.5 Å². The van der Waals surface area contributed by atoms with E-state index in [4.69, 9.17) is 34.1 Å². The van der Waals surface area contributed by atoms with E-state index in [9.17, 15) is 9.90 Å². The van der Waals surface area contributed by atoms with Gasteiger partial charge in [-0.15, -0.1) is 0 Å². The maximum atomic E-state index is 11.6. The second kappa shape index (κ2) is 14.4. The van der Waals surface area contributed by atoms with E-state index < -0.39 is 5.97 Å². The Bertz CT molecular complexity index is 1920. The normalized spacial score (nSPS) is 14.0. The van der Waals surface area contributed by atoms with Crippen molar-refractivity contribution in [3.05, 3.63) is 107 Å². The summed E-state index contributed by atoms with van der Waals surface area (Å²) in [6.07, 6.45) is 4.41. The Balaban J connectivity index is 1.24. The van der Waals surface area contributed by atoms with Gasteiger partial charge >= 0.3 is 5.97 Å². The number of aromatic carboxylic acids is 1. The summed E-state index contributed by atoms with van der Waals surface area (Å²) in [4.78, 5) is 38.1. The second-order valence-electron chi connectivity index (χ2n) is 12.3. The fraction of sp³-hybridized carbons (Fsp3) is 0.289. The van der Waals surface area contributed by atoms with Crippen LogP contribution in [0.2, 0.25) is 0 Å². The quantitative estimate of drug-likeness (QED) is 0.185. The van der Waals surface area contributed by atoms with E-state index in [1.807, 2.05) is 73.9 Å². The third-order valence-electron chi connectivity index (χ3n) is 9.10. The number of carbonyl (C=O) groups is 1. The lowest BCUT2D eigenvalue weighted by molar-refractivity contribution is 0.0696. The molecule has 5 aromatic rings. The van der Waals surface area contributed by atoms with Crippen molar-refractivity contribution in [3.63, 3.8) is 0 Å². The maximum absolute atomic E-state index is 11.6. The number of nitrogens with zero attached hydrogens (tertiary/aromatic N) is 7. The minimum Gasteiger partial charge on any atom is -0.497 e. The lowest BCUT2D eigenvalue weighted by atomic mass is 10.1. The van der Waals surface area contributed by atoms with E-state index >= 15 is 0 Å². The van der Waals surface area contributed by atoms with E-state index in [1.54, 1.807) is 26.4 Å². The topological polar surface area (TPSA) is 126 Å². The molecule has 12 heteroatoms. The first kappa shape index (κ1) is 32.8. The van der Waals surface area contributed by atoms with Gasteiger partial charge in [-0.25, -0.2) is 19.7 Å². The number of methoxy groups -OCH3 is 2. The van der Waals surface area contributed by atoms with Crippen LogP contribution in [0, 0.1) is 6.92 Å². The molecule has 1 N–H and O–H groups in total. The Kier molecular flexibility index (Phi) is 9.43. The summed E-state index contributed by atoms with van der Waals surface area (Å²) >= 11 is 0. The fourth-order valence-electron chi connectivity index (χ4n) is 6.42. The van der Waals surface area contributed by atoms with Crippen LogP contribution >= 0.6 is 0 Å². The molecule has 2 aliphatic heterocycles. The largest absolute Gasteiger partial charge is 0.497 e. The van der Waals surface area contributed by atoms with Crippen LogP contribution in [0.15, 0.2) is 79.1 Å². The van der Waals surface area contributed by atoms with Gasteiger partial charge in [0.1, 0.15) is 17.3 Å². The van der Waals surface area contributed by atoms with Gasteiger partial charge in [0, 0.05) is 61.9 Å². The fourth-order valence-corrected chi connectivity index (χ4v) is 6.42. The van der Waals surface area contributed by atoms with Crippen molar-refractivity contribution >= 4 is 29.4 Å². The average Bonchev–Trinajstić information content (AvgIpc) is 3.59. The maximum Gasteiger partial charge on any atom is 0.335 e. The van der Waals surface area contributed by atoms with Gasteiger partial charge in [0.2, 0.25) is 11.9 Å². The molecule has 0 radical (unpaired) electrons. The van der Waals surface area contributed by atoms with Gasteiger partial charge in [-0.2, -0.15) is 4.98 Å². The molecule has 2 aliphatic rings. The number of hydrogen-bond donors (Lipinski definition) is 1. The van der Waals surface area contributed by atoms with Gasteiger partial charge in [0.25, 0.3) is 0 Å². The van der Waals surface area contributed by atoms with Crippen LogP contribution in [-0.2, 0) is 24.2 Å². The number of anilines is 4. The van der Waals surface area contributed by atoms with Crippen molar-refractivity contribution in [2.75, 3.05) is 61.8 Å². The van der Waals surface area contributed by atoms with E-state index in [0.717, 1.165) is 62.9 Å². The zero-order chi connectivity index (χ0) is 34.6. The number of rotatable bonds is 11. The van der Waals surface area contributed by atoms with Crippen molar-refractivity contribution < 1.29 is 24.1 Å². The molecular weight excluding hydrogens is 634 g/mol. The number of aromatic nitrogens is 4. The first-order valence-corrected chi connectivity index (χ1v) is 16.6. The van der Waals surface area contributed by atoms with Gasteiger partial charge in [-0.3, -0.25) is 0 Å². The molecule has 4 heterocycles. The SMILES string of the molecule is COc1ccc(CN(Cc2ccc(OC)cc2)c2ncc(-c3nc(N4CCOCC4)nc4c3CCN4c3ccc(C(=O)O)cc3C)cn2)cc1. The number of benzene rings is 3. The number of carboxylic acid groups (broad SMARTS) is 1. The molecule has 2 aromatic heterocycles. The minimum absolute atomic E-state index is 0.258. The van der Waals surface area contributed by atoms with Crippen LogP contribution in [0.3, 0.4) is 0 Å².